The van der Waals surface area contributed by atoms with E-state index in [-0.39, 0.29) is 18.0 Å². The first kappa shape index (κ1) is 20.2. The second-order valence-electron chi connectivity index (χ2n) is 7.80. The van der Waals surface area contributed by atoms with Gasteiger partial charge in [0.25, 0.3) is 0 Å². The number of aryl methyl sites for hydroxylation is 2. The first-order valence-corrected chi connectivity index (χ1v) is 10.6. The highest BCUT2D eigenvalue weighted by atomic mass is 16.2. The van der Waals surface area contributed by atoms with Crippen LogP contribution in [0.3, 0.4) is 0 Å². The standard InChI is InChI=1S/C23H29N5O2/c1-3-27-20-6-4-5-7-21(20)28(23(27)30)13-12-22(29)24-18-8-10-19(11-9-18)26-16-14-25(2)15-17-26/h4-11H,3,12-17H2,1-2H3,(H,24,29). The van der Waals surface area contributed by atoms with E-state index in [4.69, 9.17) is 0 Å². The Hall–Kier alpha value is -3.06. The van der Waals surface area contributed by atoms with Gasteiger partial charge in [-0.1, -0.05) is 12.1 Å². The number of carbonyl (C=O) groups excluding carboxylic acids is 1. The van der Waals surface area contributed by atoms with E-state index in [9.17, 15) is 9.59 Å². The van der Waals surface area contributed by atoms with Crippen molar-refractivity contribution in [1.29, 1.82) is 0 Å². The van der Waals surface area contributed by atoms with Crippen LogP contribution < -0.4 is 15.9 Å². The van der Waals surface area contributed by atoms with Crippen LogP contribution in [0.25, 0.3) is 11.0 Å². The van der Waals surface area contributed by atoms with Crippen molar-refractivity contribution in [1.82, 2.24) is 14.0 Å². The van der Waals surface area contributed by atoms with Crippen LogP contribution in [0, 0.1) is 0 Å². The van der Waals surface area contributed by atoms with E-state index in [0.29, 0.717) is 13.1 Å². The summed E-state index contributed by atoms with van der Waals surface area (Å²) >= 11 is 0. The quantitative estimate of drug-likeness (QED) is 0.682. The lowest BCUT2D eigenvalue weighted by Gasteiger charge is -2.34. The van der Waals surface area contributed by atoms with Crippen molar-refractivity contribution in [2.75, 3.05) is 43.4 Å². The fourth-order valence-electron chi connectivity index (χ4n) is 4.05. The van der Waals surface area contributed by atoms with Crippen LogP contribution in [0.2, 0.25) is 0 Å². The van der Waals surface area contributed by atoms with Crippen molar-refractivity contribution in [3.63, 3.8) is 0 Å². The third kappa shape index (κ3) is 4.11. The zero-order chi connectivity index (χ0) is 21.1. The SMILES string of the molecule is CCn1c(=O)n(CCC(=O)Nc2ccc(N3CCN(C)CC3)cc2)c2ccccc21. The van der Waals surface area contributed by atoms with Gasteiger partial charge in [0, 0.05) is 57.1 Å². The molecule has 0 unspecified atom stereocenters. The minimum Gasteiger partial charge on any atom is -0.369 e. The smallest absolute Gasteiger partial charge is 0.329 e. The molecule has 0 bridgehead atoms. The van der Waals surface area contributed by atoms with Gasteiger partial charge in [0.15, 0.2) is 0 Å². The average Bonchev–Trinajstić information content (AvgIpc) is 3.04. The molecule has 0 aliphatic carbocycles. The number of para-hydroxylation sites is 2. The molecule has 1 fully saturated rings. The van der Waals surface area contributed by atoms with Gasteiger partial charge in [-0.2, -0.15) is 0 Å². The number of anilines is 2. The summed E-state index contributed by atoms with van der Waals surface area (Å²) in [5, 5.41) is 2.95. The number of likely N-dealkylation sites (N-methyl/N-ethyl adjacent to an activating group) is 1. The Balaban J connectivity index is 1.38. The highest BCUT2D eigenvalue weighted by Crippen LogP contribution is 2.19. The van der Waals surface area contributed by atoms with Gasteiger partial charge in [0.2, 0.25) is 5.91 Å². The number of imidazole rings is 1. The van der Waals surface area contributed by atoms with E-state index < -0.39 is 0 Å². The number of fused-ring (bicyclic) bond motifs is 1. The summed E-state index contributed by atoms with van der Waals surface area (Å²) in [6.07, 6.45) is 0.248. The number of nitrogens with one attached hydrogen (secondary N) is 1. The molecule has 1 amide bonds. The number of hydrogen-bond donors (Lipinski definition) is 1. The highest BCUT2D eigenvalue weighted by Gasteiger charge is 2.15. The molecular weight excluding hydrogens is 378 g/mol. The number of benzene rings is 2. The lowest BCUT2D eigenvalue weighted by Crippen LogP contribution is -2.44. The molecule has 3 aromatic rings. The molecule has 158 valence electrons. The molecule has 1 saturated heterocycles. The monoisotopic (exact) mass is 407 g/mol. The molecule has 2 heterocycles. The number of hydrogen-bond acceptors (Lipinski definition) is 4. The molecule has 2 aromatic carbocycles. The number of aromatic nitrogens is 2. The van der Waals surface area contributed by atoms with Crippen molar-refractivity contribution in [3.05, 3.63) is 59.0 Å². The Morgan fingerprint density at radius 2 is 1.57 bits per heavy atom. The van der Waals surface area contributed by atoms with Crippen LogP contribution >= 0.6 is 0 Å². The van der Waals surface area contributed by atoms with Gasteiger partial charge in [-0.05, 0) is 50.4 Å². The number of amides is 1. The Bertz CT molecular complexity index is 1080. The summed E-state index contributed by atoms with van der Waals surface area (Å²) in [6, 6.07) is 15.7. The van der Waals surface area contributed by atoms with E-state index >= 15 is 0 Å². The fraction of sp³-hybridized carbons (Fsp3) is 0.391. The molecule has 1 aliphatic rings. The Morgan fingerprint density at radius 3 is 2.20 bits per heavy atom. The van der Waals surface area contributed by atoms with Gasteiger partial charge in [-0.3, -0.25) is 13.9 Å². The maximum atomic E-state index is 12.7. The predicted octanol–water partition coefficient (Wildman–Crippen LogP) is 2.60. The lowest BCUT2D eigenvalue weighted by atomic mass is 10.2. The molecule has 7 heteroatoms. The minimum absolute atomic E-state index is 0.0666. The molecule has 0 saturated carbocycles. The van der Waals surface area contributed by atoms with Crippen LogP contribution in [0.5, 0.6) is 0 Å². The van der Waals surface area contributed by atoms with Crippen LogP contribution in [-0.2, 0) is 17.9 Å². The Morgan fingerprint density at radius 1 is 0.933 bits per heavy atom. The highest BCUT2D eigenvalue weighted by molar-refractivity contribution is 5.91. The van der Waals surface area contributed by atoms with Crippen LogP contribution in [-0.4, -0.2) is 53.2 Å². The average molecular weight is 408 g/mol. The maximum absolute atomic E-state index is 12.7. The zero-order valence-electron chi connectivity index (χ0n) is 17.7. The molecule has 0 atom stereocenters. The van der Waals surface area contributed by atoms with Crippen molar-refractivity contribution >= 4 is 28.3 Å². The summed E-state index contributed by atoms with van der Waals surface area (Å²) in [5.41, 5.74) is 3.67. The van der Waals surface area contributed by atoms with Crippen molar-refractivity contribution in [3.8, 4) is 0 Å². The number of carbonyl (C=O) groups is 1. The molecule has 30 heavy (non-hydrogen) atoms. The number of nitrogens with zero attached hydrogens (tertiary/aromatic N) is 4. The van der Waals surface area contributed by atoms with E-state index in [2.05, 4.69) is 34.3 Å². The first-order valence-electron chi connectivity index (χ1n) is 10.6. The lowest BCUT2D eigenvalue weighted by molar-refractivity contribution is -0.116. The van der Waals surface area contributed by atoms with Crippen LogP contribution in [0.1, 0.15) is 13.3 Å². The molecule has 1 aromatic heterocycles. The van der Waals surface area contributed by atoms with E-state index in [1.54, 1.807) is 9.13 Å². The van der Waals surface area contributed by atoms with Gasteiger partial charge in [0.1, 0.15) is 0 Å². The maximum Gasteiger partial charge on any atom is 0.329 e. The first-order chi connectivity index (χ1) is 14.6. The predicted molar refractivity (Wildman–Crippen MR) is 121 cm³/mol. The van der Waals surface area contributed by atoms with E-state index in [1.807, 2.05) is 43.3 Å². The molecular formula is C23H29N5O2. The molecule has 4 rings (SSSR count). The fourth-order valence-corrected chi connectivity index (χ4v) is 4.05. The van der Waals surface area contributed by atoms with Gasteiger partial charge in [-0.25, -0.2) is 4.79 Å². The van der Waals surface area contributed by atoms with Gasteiger partial charge in [-0.15, -0.1) is 0 Å². The Labute approximate surface area is 176 Å². The van der Waals surface area contributed by atoms with Gasteiger partial charge in [0.05, 0.1) is 11.0 Å². The third-order valence-corrected chi connectivity index (χ3v) is 5.82. The summed E-state index contributed by atoms with van der Waals surface area (Å²) in [6.45, 7) is 7.08. The largest absolute Gasteiger partial charge is 0.369 e. The van der Waals surface area contributed by atoms with Gasteiger partial charge < -0.3 is 15.1 Å². The minimum atomic E-state index is -0.0948. The van der Waals surface area contributed by atoms with E-state index in [1.165, 1.54) is 5.69 Å². The summed E-state index contributed by atoms with van der Waals surface area (Å²) in [5.74, 6) is -0.0948. The van der Waals surface area contributed by atoms with E-state index in [0.717, 1.165) is 42.9 Å². The topological polar surface area (TPSA) is 62.5 Å². The van der Waals surface area contributed by atoms with Crippen molar-refractivity contribution < 1.29 is 4.79 Å². The van der Waals surface area contributed by atoms with Crippen molar-refractivity contribution in [2.24, 2.45) is 0 Å². The molecule has 0 spiro atoms. The summed E-state index contributed by atoms with van der Waals surface area (Å²) in [7, 11) is 2.14. The van der Waals surface area contributed by atoms with Crippen molar-refractivity contribution in [2.45, 2.75) is 26.4 Å². The second kappa shape index (κ2) is 8.75. The van der Waals surface area contributed by atoms with Crippen LogP contribution in [0.4, 0.5) is 11.4 Å². The number of piperazine rings is 1. The zero-order valence-corrected chi connectivity index (χ0v) is 17.7. The molecule has 1 N–H and O–H groups in total. The second-order valence-corrected chi connectivity index (χ2v) is 7.80. The van der Waals surface area contributed by atoms with Gasteiger partial charge >= 0.3 is 5.69 Å². The molecule has 7 nitrogen and oxygen atoms in total. The van der Waals surface area contributed by atoms with Crippen LogP contribution in [0.15, 0.2) is 53.3 Å². The third-order valence-electron chi connectivity index (χ3n) is 5.82. The molecule has 0 radical (unpaired) electrons. The summed E-state index contributed by atoms with van der Waals surface area (Å²) < 4.78 is 3.43. The normalized spacial score (nSPS) is 14.9. The summed E-state index contributed by atoms with van der Waals surface area (Å²) in [4.78, 5) is 29.9. The molecule has 1 aliphatic heterocycles. The number of rotatable bonds is 6. The Kier molecular flexibility index (Phi) is 5.90.